The molecule has 0 amide bonds. The van der Waals surface area contributed by atoms with Crippen LogP contribution in [0.1, 0.15) is 15.9 Å². The lowest BCUT2D eigenvalue weighted by Gasteiger charge is -2.06. The molecule has 0 unspecified atom stereocenters. The Morgan fingerprint density at radius 3 is 2.26 bits per heavy atom. The SMILES string of the molecule is O=C(c1ccccc1)c1ccc(Br)cc1S(=O)(=O)Cl. The van der Waals surface area contributed by atoms with Gasteiger partial charge in [0, 0.05) is 26.3 Å². The molecule has 0 fully saturated rings. The average Bonchev–Trinajstić information content (AvgIpc) is 2.38. The normalized spacial score (nSPS) is 11.3. The van der Waals surface area contributed by atoms with Crippen LogP contribution in [0.2, 0.25) is 0 Å². The first kappa shape index (κ1) is 14.2. The van der Waals surface area contributed by atoms with E-state index >= 15 is 0 Å². The number of hydrogen-bond acceptors (Lipinski definition) is 3. The Balaban J connectivity index is 2.61. The van der Waals surface area contributed by atoms with Crippen LogP contribution in [0.15, 0.2) is 57.9 Å². The molecule has 0 aliphatic heterocycles. The molecule has 0 aromatic heterocycles. The van der Waals surface area contributed by atoms with Crippen LogP contribution in [0.4, 0.5) is 0 Å². The summed E-state index contributed by atoms with van der Waals surface area (Å²) < 4.78 is 23.6. The predicted octanol–water partition coefficient (Wildman–Crippen LogP) is 3.61. The van der Waals surface area contributed by atoms with Gasteiger partial charge in [-0.15, -0.1) is 0 Å². The first-order valence-corrected chi connectivity index (χ1v) is 8.34. The van der Waals surface area contributed by atoms with E-state index in [1.54, 1.807) is 36.4 Å². The van der Waals surface area contributed by atoms with Crippen molar-refractivity contribution in [3.05, 3.63) is 64.1 Å². The van der Waals surface area contributed by atoms with E-state index in [2.05, 4.69) is 15.9 Å². The fourth-order valence-corrected chi connectivity index (χ4v) is 3.22. The maximum absolute atomic E-state index is 12.3. The standard InChI is InChI=1S/C13H8BrClO3S/c14-10-6-7-11(12(8-10)19(15,17)18)13(16)9-4-2-1-3-5-9/h1-8H. The highest BCUT2D eigenvalue weighted by Gasteiger charge is 2.21. The Morgan fingerprint density at radius 2 is 1.68 bits per heavy atom. The van der Waals surface area contributed by atoms with E-state index in [0.717, 1.165) is 0 Å². The molecular formula is C13H8BrClO3S. The Bertz CT molecular complexity index is 727. The summed E-state index contributed by atoms with van der Waals surface area (Å²) in [5, 5.41) is 0. The van der Waals surface area contributed by atoms with Gasteiger partial charge in [0.25, 0.3) is 9.05 Å². The van der Waals surface area contributed by atoms with Crippen molar-refractivity contribution < 1.29 is 13.2 Å². The molecule has 19 heavy (non-hydrogen) atoms. The van der Waals surface area contributed by atoms with Crippen molar-refractivity contribution in [2.45, 2.75) is 4.90 Å². The zero-order valence-corrected chi connectivity index (χ0v) is 12.7. The Kier molecular flexibility index (Phi) is 4.08. The van der Waals surface area contributed by atoms with E-state index in [1.807, 2.05) is 0 Å². The molecule has 2 aromatic carbocycles. The second-order valence-corrected chi connectivity index (χ2v) is 7.22. The first-order valence-electron chi connectivity index (χ1n) is 5.23. The highest BCUT2D eigenvalue weighted by Crippen LogP contribution is 2.26. The molecule has 0 radical (unpaired) electrons. The van der Waals surface area contributed by atoms with Crippen LogP contribution < -0.4 is 0 Å². The van der Waals surface area contributed by atoms with Crippen LogP contribution in [0, 0.1) is 0 Å². The van der Waals surface area contributed by atoms with Crippen molar-refractivity contribution in [2.24, 2.45) is 0 Å². The number of carbonyl (C=O) groups excluding carboxylic acids is 1. The molecule has 2 rings (SSSR count). The Labute approximate surface area is 123 Å². The summed E-state index contributed by atoms with van der Waals surface area (Å²) in [5.74, 6) is -0.382. The largest absolute Gasteiger partial charge is 0.289 e. The van der Waals surface area contributed by atoms with Crippen molar-refractivity contribution in [2.75, 3.05) is 0 Å². The van der Waals surface area contributed by atoms with Crippen molar-refractivity contribution >= 4 is 41.4 Å². The molecule has 98 valence electrons. The van der Waals surface area contributed by atoms with Gasteiger partial charge in [-0.1, -0.05) is 46.3 Å². The van der Waals surface area contributed by atoms with Gasteiger partial charge in [-0.2, -0.15) is 0 Å². The monoisotopic (exact) mass is 358 g/mol. The van der Waals surface area contributed by atoms with Gasteiger partial charge in [0.1, 0.15) is 0 Å². The fraction of sp³-hybridized carbons (Fsp3) is 0. The Morgan fingerprint density at radius 1 is 1.05 bits per heavy atom. The lowest BCUT2D eigenvalue weighted by Crippen LogP contribution is -2.07. The van der Waals surface area contributed by atoms with Gasteiger partial charge in [0.05, 0.1) is 4.90 Å². The predicted molar refractivity (Wildman–Crippen MR) is 77.1 cm³/mol. The first-order chi connectivity index (χ1) is 8.89. The summed E-state index contributed by atoms with van der Waals surface area (Å²) in [6, 6.07) is 12.8. The topological polar surface area (TPSA) is 51.2 Å². The summed E-state index contributed by atoms with van der Waals surface area (Å²) in [6.45, 7) is 0. The smallest absolute Gasteiger partial charge is 0.262 e. The minimum atomic E-state index is -3.99. The molecule has 0 aliphatic carbocycles. The minimum absolute atomic E-state index is 0.0596. The van der Waals surface area contributed by atoms with Gasteiger partial charge < -0.3 is 0 Å². The van der Waals surface area contributed by atoms with Gasteiger partial charge in [0.2, 0.25) is 0 Å². The van der Waals surface area contributed by atoms with E-state index in [1.165, 1.54) is 12.1 Å². The number of hydrogen-bond donors (Lipinski definition) is 0. The molecule has 0 saturated heterocycles. The molecule has 0 bridgehead atoms. The second kappa shape index (κ2) is 5.45. The summed E-state index contributed by atoms with van der Waals surface area (Å²) in [4.78, 5) is 12.1. The minimum Gasteiger partial charge on any atom is -0.289 e. The zero-order valence-electron chi connectivity index (χ0n) is 9.51. The molecular weight excluding hydrogens is 352 g/mol. The highest BCUT2D eigenvalue weighted by atomic mass is 79.9. The molecule has 6 heteroatoms. The van der Waals surface area contributed by atoms with Crippen molar-refractivity contribution in [1.29, 1.82) is 0 Å². The average molecular weight is 360 g/mol. The van der Waals surface area contributed by atoms with Gasteiger partial charge in [-0.3, -0.25) is 4.79 Å². The third-order valence-corrected chi connectivity index (χ3v) is 4.34. The van der Waals surface area contributed by atoms with Crippen LogP contribution in [-0.4, -0.2) is 14.2 Å². The van der Waals surface area contributed by atoms with Crippen LogP contribution in [-0.2, 0) is 9.05 Å². The van der Waals surface area contributed by atoms with Crippen molar-refractivity contribution in [3.63, 3.8) is 0 Å². The number of ketones is 1. The lowest BCUT2D eigenvalue weighted by atomic mass is 10.0. The summed E-state index contributed by atoms with van der Waals surface area (Å²) in [7, 11) is 1.38. The van der Waals surface area contributed by atoms with E-state index in [-0.39, 0.29) is 16.2 Å². The maximum atomic E-state index is 12.3. The lowest BCUT2D eigenvalue weighted by molar-refractivity contribution is 0.103. The molecule has 2 aromatic rings. The van der Waals surface area contributed by atoms with Gasteiger partial charge >= 0.3 is 0 Å². The molecule has 0 N–H and O–H groups in total. The summed E-state index contributed by atoms with van der Waals surface area (Å²) in [6.07, 6.45) is 0. The zero-order chi connectivity index (χ0) is 14.0. The number of carbonyl (C=O) groups is 1. The molecule has 0 saturated carbocycles. The summed E-state index contributed by atoms with van der Waals surface area (Å²) >= 11 is 3.16. The third-order valence-electron chi connectivity index (χ3n) is 2.49. The molecule has 0 heterocycles. The van der Waals surface area contributed by atoms with Crippen molar-refractivity contribution in [3.8, 4) is 0 Å². The molecule has 0 spiro atoms. The third kappa shape index (κ3) is 3.23. The fourth-order valence-electron chi connectivity index (χ4n) is 1.63. The van der Waals surface area contributed by atoms with Crippen LogP contribution in [0.5, 0.6) is 0 Å². The van der Waals surface area contributed by atoms with Crippen LogP contribution >= 0.6 is 26.6 Å². The van der Waals surface area contributed by atoms with Crippen LogP contribution in [0.25, 0.3) is 0 Å². The molecule has 0 atom stereocenters. The van der Waals surface area contributed by atoms with E-state index < -0.39 is 9.05 Å². The number of rotatable bonds is 3. The van der Waals surface area contributed by atoms with Gasteiger partial charge in [0.15, 0.2) is 5.78 Å². The highest BCUT2D eigenvalue weighted by molar-refractivity contribution is 9.10. The molecule has 3 nitrogen and oxygen atoms in total. The maximum Gasteiger partial charge on any atom is 0.262 e. The quantitative estimate of drug-likeness (QED) is 0.621. The molecule has 0 aliphatic rings. The van der Waals surface area contributed by atoms with E-state index in [4.69, 9.17) is 10.7 Å². The Hall–Kier alpha value is -1.17. The number of benzene rings is 2. The summed E-state index contributed by atoms with van der Waals surface area (Å²) in [5.41, 5.74) is 0.468. The van der Waals surface area contributed by atoms with E-state index in [9.17, 15) is 13.2 Å². The second-order valence-electron chi connectivity index (χ2n) is 3.77. The van der Waals surface area contributed by atoms with E-state index in [0.29, 0.717) is 10.0 Å². The van der Waals surface area contributed by atoms with Gasteiger partial charge in [-0.05, 0) is 18.2 Å². The van der Waals surface area contributed by atoms with Crippen molar-refractivity contribution in [1.82, 2.24) is 0 Å². The van der Waals surface area contributed by atoms with Gasteiger partial charge in [-0.25, -0.2) is 8.42 Å². The van der Waals surface area contributed by atoms with Crippen LogP contribution in [0.3, 0.4) is 0 Å². The number of halogens is 2.